The zero-order valence-electron chi connectivity index (χ0n) is 13.9. The molecule has 0 aliphatic carbocycles. The van der Waals surface area contributed by atoms with Crippen molar-refractivity contribution in [1.82, 2.24) is 17.6 Å². The van der Waals surface area contributed by atoms with Crippen LogP contribution in [-0.4, -0.2) is 55.5 Å². The number of rotatable bonds is 6. The van der Waals surface area contributed by atoms with Crippen molar-refractivity contribution in [1.29, 1.82) is 5.26 Å². The monoisotopic (exact) mass is 383 g/mol. The Bertz CT molecular complexity index is 1010. The maximum Gasteiger partial charge on any atom is 0.309 e. The van der Waals surface area contributed by atoms with Crippen LogP contribution in [0.3, 0.4) is 0 Å². The molecule has 0 N–H and O–H groups in total. The van der Waals surface area contributed by atoms with E-state index in [1.165, 1.54) is 21.1 Å². The first-order valence-electron chi connectivity index (χ1n) is 7.03. The Balaban J connectivity index is 2.44. The Labute approximate surface area is 147 Å². The smallest absolute Gasteiger partial charge is 0.205 e. The van der Waals surface area contributed by atoms with Gasteiger partial charge in [0.1, 0.15) is 6.07 Å². The third-order valence-electron chi connectivity index (χ3n) is 3.39. The van der Waals surface area contributed by atoms with Gasteiger partial charge in [-0.3, -0.25) is 0 Å². The summed E-state index contributed by atoms with van der Waals surface area (Å²) < 4.78 is 52.2. The fraction of sp³-hybridized carbons (Fsp3) is 0.286. The standard InChI is InChI=1S/C14H17N5O4S2/c1-17(2)25(22,23)19-11-14(16-13(19)9-15)24(20,21)18(3)10-12-7-5-4-6-8-12/h4-8,11H,10H2,1-3H3. The average Bonchev–Trinajstić information content (AvgIpc) is 3.01. The average molecular weight is 383 g/mol. The van der Waals surface area contributed by atoms with Crippen molar-refractivity contribution in [2.75, 3.05) is 21.1 Å². The van der Waals surface area contributed by atoms with E-state index in [0.29, 0.717) is 3.97 Å². The van der Waals surface area contributed by atoms with Gasteiger partial charge in [-0.05, 0) is 5.56 Å². The van der Waals surface area contributed by atoms with Crippen molar-refractivity contribution in [3.05, 3.63) is 47.9 Å². The number of benzene rings is 1. The number of sulfonamides is 1. The molecule has 0 saturated heterocycles. The van der Waals surface area contributed by atoms with Gasteiger partial charge >= 0.3 is 10.2 Å². The Morgan fingerprint density at radius 3 is 2.24 bits per heavy atom. The van der Waals surface area contributed by atoms with Crippen molar-refractivity contribution >= 4 is 20.2 Å². The van der Waals surface area contributed by atoms with Crippen molar-refractivity contribution in [2.45, 2.75) is 11.6 Å². The van der Waals surface area contributed by atoms with Gasteiger partial charge in [-0.2, -0.15) is 22.3 Å². The van der Waals surface area contributed by atoms with Crippen LogP contribution in [0.4, 0.5) is 0 Å². The number of hydrogen-bond donors (Lipinski definition) is 0. The van der Waals surface area contributed by atoms with Crippen LogP contribution in [0, 0.1) is 11.3 Å². The minimum atomic E-state index is -4.07. The van der Waals surface area contributed by atoms with Crippen molar-refractivity contribution in [2.24, 2.45) is 0 Å². The zero-order chi connectivity index (χ0) is 18.8. The molecule has 0 aliphatic rings. The number of aromatic nitrogens is 2. The van der Waals surface area contributed by atoms with Crippen LogP contribution in [0.15, 0.2) is 41.6 Å². The zero-order valence-corrected chi connectivity index (χ0v) is 15.5. The molecule has 0 atom stereocenters. The highest BCUT2D eigenvalue weighted by molar-refractivity contribution is 7.89. The molecule has 0 aliphatic heterocycles. The number of nitrogens with zero attached hydrogens (tertiary/aromatic N) is 5. The Morgan fingerprint density at radius 1 is 1.12 bits per heavy atom. The Hall–Kier alpha value is -2.26. The summed E-state index contributed by atoms with van der Waals surface area (Å²) in [6, 6.07) is 10.5. The molecular weight excluding hydrogens is 366 g/mol. The third-order valence-corrected chi connectivity index (χ3v) is 6.76. The van der Waals surface area contributed by atoms with Gasteiger partial charge in [-0.25, -0.2) is 17.4 Å². The highest BCUT2D eigenvalue weighted by atomic mass is 32.2. The minimum Gasteiger partial charge on any atom is -0.205 e. The van der Waals surface area contributed by atoms with Crippen LogP contribution in [-0.2, 0) is 26.8 Å². The predicted octanol–water partition coefficient (Wildman–Crippen LogP) is 0.230. The summed E-state index contributed by atoms with van der Waals surface area (Å²) in [5, 5.41) is 8.59. The van der Waals surface area contributed by atoms with Crippen LogP contribution in [0.5, 0.6) is 0 Å². The summed E-state index contributed by atoms with van der Waals surface area (Å²) in [6.45, 7) is 0.0817. The van der Waals surface area contributed by atoms with Crippen LogP contribution in [0.25, 0.3) is 0 Å². The van der Waals surface area contributed by atoms with Crippen LogP contribution in [0.2, 0.25) is 0 Å². The summed E-state index contributed by atoms with van der Waals surface area (Å²) >= 11 is 0. The molecule has 0 saturated carbocycles. The van der Waals surface area contributed by atoms with Crippen LogP contribution < -0.4 is 0 Å². The summed E-state index contributed by atoms with van der Waals surface area (Å²) in [6.07, 6.45) is 0.838. The van der Waals surface area contributed by atoms with E-state index in [2.05, 4.69) is 4.98 Å². The second-order valence-electron chi connectivity index (χ2n) is 5.35. The molecule has 134 valence electrons. The van der Waals surface area contributed by atoms with Gasteiger partial charge in [0.2, 0.25) is 5.82 Å². The Kier molecular flexibility index (Phi) is 5.28. The molecule has 2 rings (SSSR count). The second kappa shape index (κ2) is 6.93. The summed E-state index contributed by atoms with van der Waals surface area (Å²) in [5.41, 5.74) is 0.759. The highest BCUT2D eigenvalue weighted by Crippen LogP contribution is 2.18. The summed E-state index contributed by atoms with van der Waals surface area (Å²) in [4.78, 5) is 3.68. The second-order valence-corrected chi connectivity index (χ2v) is 9.36. The van der Waals surface area contributed by atoms with Crippen molar-refractivity contribution < 1.29 is 16.8 Å². The Morgan fingerprint density at radius 2 is 1.72 bits per heavy atom. The molecule has 9 nitrogen and oxygen atoms in total. The van der Waals surface area contributed by atoms with Gasteiger partial charge in [0.15, 0.2) is 5.03 Å². The molecule has 0 unspecified atom stereocenters. The minimum absolute atomic E-state index is 0.0817. The SMILES string of the molecule is CN(Cc1ccccc1)S(=O)(=O)c1cn(S(=O)(=O)N(C)C)c(C#N)n1. The molecule has 0 bridgehead atoms. The largest absolute Gasteiger partial charge is 0.309 e. The fourth-order valence-corrected chi connectivity index (χ4v) is 4.01. The summed E-state index contributed by atoms with van der Waals surface area (Å²) in [5.74, 6) is -0.527. The molecule has 1 aromatic carbocycles. The topological polar surface area (TPSA) is 116 Å². The lowest BCUT2D eigenvalue weighted by atomic mass is 10.2. The van der Waals surface area contributed by atoms with Gasteiger partial charge in [-0.15, -0.1) is 0 Å². The molecule has 11 heteroatoms. The van der Waals surface area contributed by atoms with E-state index >= 15 is 0 Å². The van der Waals surface area contributed by atoms with E-state index in [1.54, 1.807) is 30.3 Å². The molecule has 2 aromatic rings. The van der Waals surface area contributed by atoms with Crippen LogP contribution in [0.1, 0.15) is 11.4 Å². The molecule has 0 fully saturated rings. The quantitative estimate of drug-likeness (QED) is 0.705. The van der Waals surface area contributed by atoms with Crippen LogP contribution >= 0.6 is 0 Å². The molecular formula is C14H17N5O4S2. The van der Waals surface area contributed by atoms with Gasteiger partial charge in [-0.1, -0.05) is 30.3 Å². The van der Waals surface area contributed by atoms with E-state index in [4.69, 9.17) is 5.26 Å². The molecule has 0 spiro atoms. The van der Waals surface area contributed by atoms with E-state index in [9.17, 15) is 16.8 Å². The molecule has 0 radical (unpaired) electrons. The first-order chi connectivity index (χ1) is 11.6. The fourth-order valence-electron chi connectivity index (χ4n) is 1.98. The van der Waals surface area contributed by atoms with E-state index < -0.39 is 31.1 Å². The molecule has 0 amide bonds. The summed E-state index contributed by atoms with van der Waals surface area (Å²) in [7, 11) is -4.23. The molecule has 25 heavy (non-hydrogen) atoms. The lowest BCUT2D eigenvalue weighted by Gasteiger charge is -2.15. The van der Waals surface area contributed by atoms with Gasteiger partial charge in [0.05, 0.1) is 6.20 Å². The number of hydrogen-bond acceptors (Lipinski definition) is 6. The maximum atomic E-state index is 12.6. The van der Waals surface area contributed by atoms with E-state index in [0.717, 1.165) is 20.4 Å². The van der Waals surface area contributed by atoms with Crippen molar-refractivity contribution in [3.63, 3.8) is 0 Å². The molecule has 1 heterocycles. The third kappa shape index (κ3) is 3.72. The normalized spacial score (nSPS) is 12.5. The predicted molar refractivity (Wildman–Crippen MR) is 90.0 cm³/mol. The first kappa shape index (κ1) is 19.1. The van der Waals surface area contributed by atoms with Crippen molar-refractivity contribution in [3.8, 4) is 6.07 Å². The van der Waals surface area contributed by atoms with E-state index in [1.807, 2.05) is 6.07 Å². The van der Waals surface area contributed by atoms with E-state index in [-0.39, 0.29) is 6.54 Å². The van der Waals surface area contributed by atoms with Gasteiger partial charge < -0.3 is 0 Å². The first-order valence-corrected chi connectivity index (χ1v) is 9.87. The molecule has 1 aromatic heterocycles. The number of nitriles is 1. The van der Waals surface area contributed by atoms with Gasteiger partial charge in [0.25, 0.3) is 10.0 Å². The lowest BCUT2D eigenvalue weighted by Crippen LogP contribution is -2.29. The number of imidazole rings is 1. The lowest BCUT2D eigenvalue weighted by molar-refractivity contribution is 0.464. The van der Waals surface area contributed by atoms with Gasteiger partial charge in [0, 0.05) is 27.7 Å². The highest BCUT2D eigenvalue weighted by Gasteiger charge is 2.29. The maximum absolute atomic E-state index is 12.6.